The zero-order valence-electron chi connectivity index (χ0n) is 19.8. The van der Waals surface area contributed by atoms with Crippen molar-refractivity contribution >= 4 is 17.1 Å². The molecule has 0 saturated carbocycles. The van der Waals surface area contributed by atoms with Gasteiger partial charge in [0.05, 0.1) is 28.5 Å². The van der Waals surface area contributed by atoms with Crippen LogP contribution in [-0.2, 0) is 12.8 Å². The van der Waals surface area contributed by atoms with Crippen molar-refractivity contribution in [1.29, 1.82) is 0 Å². The number of ether oxygens (including phenoxy) is 1. The fourth-order valence-corrected chi connectivity index (χ4v) is 4.14. The van der Waals surface area contributed by atoms with Gasteiger partial charge in [0, 0.05) is 17.7 Å². The first-order chi connectivity index (χ1) is 16.9. The van der Waals surface area contributed by atoms with E-state index in [1.165, 1.54) is 0 Å². The molecule has 188 valence electrons. The van der Waals surface area contributed by atoms with Crippen LogP contribution in [-0.4, -0.2) is 11.0 Å². The SMILES string of the molecule is Cc1ccc(OCc2c(F)cc(F)cc2F)c(C2=C(c3cc(C(F)(F)F)cc(C(=O)[O-])n3)CCC2)c1.[Na+]. The van der Waals surface area contributed by atoms with Crippen LogP contribution in [0.4, 0.5) is 26.3 Å². The van der Waals surface area contributed by atoms with E-state index < -0.39 is 53.0 Å². The summed E-state index contributed by atoms with van der Waals surface area (Å²) in [5.74, 6) is -4.96. The third-order valence-corrected chi connectivity index (χ3v) is 5.83. The first kappa shape index (κ1) is 28.7. The smallest absolute Gasteiger partial charge is 0.543 e. The minimum atomic E-state index is -4.80. The molecule has 0 spiro atoms. The molecule has 3 aromatic rings. The van der Waals surface area contributed by atoms with Gasteiger partial charge in [-0.3, -0.25) is 0 Å². The van der Waals surface area contributed by atoms with Gasteiger partial charge >= 0.3 is 35.7 Å². The number of rotatable bonds is 6. The Morgan fingerprint density at radius 1 is 1.00 bits per heavy atom. The number of pyridine rings is 1. The van der Waals surface area contributed by atoms with Crippen LogP contribution in [0.25, 0.3) is 11.1 Å². The molecule has 0 bridgehead atoms. The number of halogens is 6. The van der Waals surface area contributed by atoms with E-state index in [9.17, 15) is 36.2 Å². The van der Waals surface area contributed by atoms with Gasteiger partial charge < -0.3 is 14.6 Å². The summed E-state index contributed by atoms with van der Waals surface area (Å²) < 4.78 is 87.3. The van der Waals surface area contributed by atoms with E-state index in [0.29, 0.717) is 54.2 Å². The number of carboxylic acid groups (broad SMARTS) is 1. The van der Waals surface area contributed by atoms with Crippen molar-refractivity contribution in [2.75, 3.05) is 0 Å². The molecule has 4 nitrogen and oxygen atoms in total. The summed E-state index contributed by atoms with van der Waals surface area (Å²) in [7, 11) is 0. The Balaban J connectivity index is 0.00000380. The van der Waals surface area contributed by atoms with Gasteiger partial charge in [-0.1, -0.05) is 11.6 Å². The molecule has 0 unspecified atom stereocenters. The zero-order chi connectivity index (χ0) is 26.2. The maximum absolute atomic E-state index is 14.1. The van der Waals surface area contributed by atoms with E-state index in [0.717, 1.165) is 11.6 Å². The number of carbonyl (C=O) groups excluding carboxylic acids is 1. The molecular formula is C26H18F6NNaO3. The second kappa shape index (κ2) is 11.3. The molecule has 11 heteroatoms. The minimum absolute atomic E-state index is 0. The normalized spacial score (nSPS) is 13.5. The molecule has 0 aliphatic heterocycles. The average Bonchev–Trinajstić information content (AvgIpc) is 3.28. The quantitative estimate of drug-likeness (QED) is 0.364. The number of allylic oxidation sites excluding steroid dienone is 2. The Bertz CT molecular complexity index is 1360. The van der Waals surface area contributed by atoms with Crippen LogP contribution in [0.1, 0.15) is 57.7 Å². The van der Waals surface area contributed by atoms with E-state index in [2.05, 4.69) is 4.98 Å². The van der Waals surface area contributed by atoms with Crippen LogP contribution in [0.3, 0.4) is 0 Å². The summed E-state index contributed by atoms with van der Waals surface area (Å²) in [5, 5.41) is 11.3. The standard InChI is InChI=1S/C26H19F6NO3.Na/c1-13-5-6-24(36-12-19-20(28)10-15(27)11-21(19)29)18(7-13)16-3-2-4-17(16)22-8-14(26(30,31)32)9-23(33-22)25(34)35;/h5-11H,2-4,12H2,1H3,(H,34,35);/q;+1/p-1. The van der Waals surface area contributed by atoms with Gasteiger partial charge in [0.2, 0.25) is 0 Å². The molecule has 2 aromatic carbocycles. The van der Waals surface area contributed by atoms with Gasteiger partial charge in [-0.15, -0.1) is 0 Å². The van der Waals surface area contributed by atoms with Crippen LogP contribution in [0.2, 0.25) is 0 Å². The summed E-state index contributed by atoms with van der Waals surface area (Å²) in [4.78, 5) is 15.2. The van der Waals surface area contributed by atoms with E-state index in [4.69, 9.17) is 4.74 Å². The summed E-state index contributed by atoms with van der Waals surface area (Å²) in [6.07, 6.45) is -3.50. The maximum atomic E-state index is 14.1. The topological polar surface area (TPSA) is 62.2 Å². The third-order valence-electron chi connectivity index (χ3n) is 5.83. The summed E-state index contributed by atoms with van der Waals surface area (Å²) >= 11 is 0. The maximum Gasteiger partial charge on any atom is 1.00 e. The number of aryl methyl sites for hydroxylation is 1. The molecule has 4 rings (SSSR count). The minimum Gasteiger partial charge on any atom is -0.543 e. The molecule has 37 heavy (non-hydrogen) atoms. The van der Waals surface area contributed by atoms with Crippen molar-refractivity contribution in [3.8, 4) is 5.75 Å². The molecule has 0 N–H and O–H groups in total. The number of aromatic carboxylic acids is 1. The molecule has 0 fully saturated rings. The van der Waals surface area contributed by atoms with Gasteiger partial charge in [-0.05, 0) is 61.6 Å². The largest absolute Gasteiger partial charge is 1.00 e. The molecule has 0 saturated heterocycles. The molecule has 0 radical (unpaired) electrons. The number of nitrogens with zero attached hydrogens (tertiary/aromatic N) is 1. The Morgan fingerprint density at radius 3 is 2.27 bits per heavy atom. The van der Waals surface area contributed by atoms with Gasteiger partial charge in [-0.2, -0.15) is 13.2 Å². The summed E-state index contributed by atoms with van der Waals surface area (Å²) in [5.41, 5.74) is -0.429. The molecule has 1 aliphatic carbocycles. The Hall–Kier alpha value is -2.82. The number of aromatic nitrogens is 1. The van der Waals surface area contributed by atoms with Gasteiger partial charge in [0.25, 0.3) is 0 Å². The van der Waals surface area contributed by atoms with Crippen LogP contribution in [0, 0.1) is 24.4 Å². The van der Waals surface area contributed by atoms with Crippen LogP contribution in [0.15, 0.2) is 42.5 Å². The second-order valence-corrected chi connectivity index (χ2v) is 8.36. The van der Waals surface area contributed by atoms with E-state index in [1.807, 2.05) is 0 Å². The van der Waals surface area contributed by atoms with Crippen molar-refractivity contribution < 1.29 is 70.5 Å². The van der Waals surface area contributed by atoms with Gasteiger partial charge in [0.15, 0.2) is 0 Å². The molecule has 1 aliphatic rings. The number of alkyl halides is 3. The predicted molar refractivity (Wildman–Crippen MR) is 116 cm³/mol. The van der Waals surface area contributed by atoms with Crippen molar-refractivity contribution in [1.82, 2.24) is 4.98 Å². The summed E-state index contributed by atoms with van der Waals surface area (Å²) in [6, 6.07) is 7.21. The van der Waals surface area contributed by atoms with Gasteiger partial charge in [-0.25, -0.2) is 18.2 Å². The molecule has 1 aromatic heterocycles. The monoisotopic (exact) mass is 529 g/mol. The first-order valence-electron chi connectivity index (χ1n) is 10.8. The summed E-state index contributed by atoms with van der Waals surface area (Å²) in [6.45, 7) is 1.21. The average molecular weight is 529 g/mol. The van der Waals surface area contributed by atoms with E-state index >= 15 is 0 Å². The molecule has 0 amide bonds. The molecule has 1 heterocycles. The zero-order valence-corrected chi connectivity index (χ0v) is 21.8. The first-order valence-corrected chi connectivity index (χ1v) is 10.8. The van der Waals surface area contributed by atoms with Crippen molar-refractivity contribution in [3.63, 3.8) is 0 Å². The molecular weight excluding hydrogens is 511 g/mol. The second-order valence-electron chi connectivity index (χ2n) is 8.36. The van der Waals surface area contributed by atoms with Crippen LogP contribution >= 0.6 is 0 Å². The fourth-order valence-electron chi connectivity index (χ4n) is 4.14. The van der Waals surface area contributed by atoms with Crippen molar-refractivity contribution in [2.24, 2.45) is 0 Å². The number of benzene rings is 2. The Labute approximate surface area is 230 Å². The number of hydrogen-bond donors (Lipinski definition) is 0. The van der Waals surface area contributed by atoms with Crippen molar-refractivity contribution in [2.45, 2.75) is 39.0 Å². The predicted octanol–water partition coefficient (Wildman–Crippen LogP) is 2.87. The van der Waals surface area contributed by atoms with Crippen molar-refractivity contribution in [3.05, 3.63) is 93.6 Å². The van der Waals surface area contributed by atoms with Crippen LogP contribution < -0.4 is 39.4 Å². The number of hydrogen-bond acceptors (Lipinski definition) is 4. The molecule has 0 atom stereocenters. The Kier molecular flexibility index (Phi) is 8.77. The van der Waals surface area contributed by atoms with E-state index in [1.54, 1.807) is 25.1 Å². The number of carbonyl (C=O) groups is 1. The van der Waals surface area contributed by atoms with Gasteiger partial charge in [0.1, 0.15) is 29.8 Å². The Morgan fingerprint density at radius 2 is 1.65 bits per heavy atom. The number of carboxylic acids is 1. The van der Waals surface area contributed by atoms with Crippen LogP contribution in [0.5, 0.6) is 5.75 Å². The third kappa shape index (κ3) is 6.37. The van der Waals surface area contributed by atoms with E-state index in [-0.39, 0.29) is 41.0 Å². The fraction of sp³-hybridized carbons (Fsp3) is 0.231.